The van der Waals surface area contributed by atoms with Crippen molar-refractivity contribution in [3.05, 3.63) is 5.56 Å². The van der Waals surface area contributed by atoms with Gasteiger partial charge in [-0.15, -0.1) is 11.8 Å². The Hall–Kier alpha value is -1.27. The van der Waals surface area contributed by atoms with Crippen LogP contribution in [0.5, 0.6) is 23.0 Å². The molecule has 1 aromatic rings. The third-order valence-corrected chi connectivity index (χ3v) is 3.91. The Labute approximate surface area is 122 Å². The van der Waals surface area contributed by atoms with Crippen molar-refractivity contribution in [1.82, 2.24) is 0 Å². The van der Waals surface area contributed by atoms with Crippen LogP contribution in [-0.2, 0) is 6.61 Å². The molecule has 0 aromatic heterocycles. The molecule has 20 heavy (non-hydrogen) atoms. The highest BCUT2D eigenvalue weighted by Gasteiger charge is 2.44. The van der Waals surface area contributed by atoms with E-state index in [9.17, 15) is 5.11 Å². The van der Waals surface area contributed by atoms with Gasteiger partial charge in [-0.2, -0.15) is 0 Å². The van der Waals surface area contributed by atoms with Crippen molar-refractivity contribution < 1.29 is 24.1 Å². The molecule has 2 aliphatic rings. The summed E-state index contributed by atoms with van der Waals surface area (Å²) >= 11 is 1.51. The second-order valence-electron chi connectivity index (χ2n) is 5.69. The van der Waals surface area contributed by atoms with Crippen LogP contribution in [0.4, 0.5) is 0 Å². The van der Waals surface area contributed by atoms with E-state index >= 15 is 0 Å². The number of aliphatic hydroxyl groups is 1. The van der Waals surface area contributed by atoms with Crippen LogP contribution in [0.15, 0.2) is 4.90 Å². The standard InChI is InChI=1S/C14H18O5S/c1-13(2)16-8-7(6-15)9-11(19-14(3,4)17-9)12(20-5)10(8)18-13/h15H,6H2,1-5H3. The lowest BCUT2D eigenvalue weighted by molar-refractivity contribution is -0.0512. The molecule has 0 spiro atoms. The Morgan fingerprint density at radius 3 is 1.60 bits per heavy atom. The van der Waals surface area contributed by atoms with Gasteiger partial charge in [0.05, 0.1) is 17.1 Å². The van der Waals surface area contributed by atoms with Gasteiger partial charge in [0.2, 0.25) is 11.6 Å². The van der Waals surface area contributed by atoms with E-state index in [1.807, 2.05) is 34.0 Å². The van der Waals surface area contributed by atoms with Crippen LogP contribution in [0.3, 0.4) is 0 Å². The summed E-state index contributed by atoms with van der Waals surface area (Å²) in [6.45, 7) is 7.12. The zero-order valence-corrected chi connectivity index (χ0v) is 13.0. The van der Waals surface area contributed by atoms with E-state index in [2.05, 4.69) is 0 Å². The van der Waals surface area contributed by atoms with Crippen molar-refractivity contribution in [3.8, 4) is 23.0 Å². The molecule has 0 unspecified atom stereocenters. The fourth-order valence-electron chi connectivity index (χ4n) is 2.44. The minimum atomic E-state index is -0.763. The van der Waals surface area contributed by atoms with Gasteiger partial charge in [-0.05, 0) is 6.26 Å². The third kappa shape index (κ3) is 1.90. The molecule has 2 aliphatic heterocycles. The average molecular weight is 298 g/mol. The lowest BCUT2D eigenvalue weighted by Gasteiger charge is -2.18. The zero-order chi connectivity index (χ0) is 14.7. The molecular weight excluding hydrogens is 280 g/mol. The number of fused-ring (bicyclic) bond motifs is 2. The Morgan fingerprint density at radius 2 is 1.25 bits per heavy atom. The van der Waals surface area contributed by atoms with E-state index in [1.165, 1.54) is 11.8 Å². The topological polar surface area (TPSA) is 57.2 Å². The van der Waals surface area contributed by atoms with Crippen molar-refractivity contribution in [1.29, 1.82) is 0 Å². The molecular formula is C14H18O5S. The lowest BCUT2D eigenvalue weighted by Crippen LogP contribution is -2.31. The van der Waals surface area contributed by atoms with Gasteiger partial charge in [0, 0.05) is 27.7 Å². The minimum absolute atomic E-state index is 0.196. The summed E-state index contributed by atoms with van der Waals surface area (Å²) in [6.07, 6.45) is 1.94. The van der Waals surface area contributed by atoms with Crippen LogP contribution >= 0.6 is 11.8 Å². The number of rotatable bonds is 2. The first-order valence-electron chi connectivity index (χ1n) is 6.42. The van der Waals surface area contributed by atoms with Crippen LogP contribution in [0, 0.1) is 0 Å². The molecule has 0 bridgehead atoms. The molecule has 0 amide bonds. The monoisotopic (exact) mass is 298 g/mol. The molecule has 0 radical (unpaired) electrons. The predicted molar refractivity (Wildman–Crippen MR) is 74.8 cm³/mol. The largest absolute Gasteiger partial charge is 0.448 e. The Morgan fingerprint density at radius 1 is 0.850 bits per heavy atom. The molecule has 0 saturated carbocycles. The molecule has 110 valence electrons. The summed E-state index contributed by atoms with van der Waals surface area (Å²) in [5.41, 5.74) is 0.573. The molecule has 3 rings (SSSR count). The summed E-state index contributed by atoms with van der Waals surface area (Å²) in [6, 6.07) is 0. The highest BCUT2D eigenvalue weighted by Crippen LogP contribution is 2.59. The maximum Gasteiger partial charge on any atom is 0.246 e. The highest BCUT2D eigenvalue weighted by atomic mass is 32.2. The quantitative estimate of drug-likeness (QED) is 0.847. The third-order valence-electron chi connectivity index (χ3n) is 3.13. The minimum Gasteiger partial charge on any atom is -0.448 e. The van der Waals surface area contributed by atoms with E-state index in [1.54, 1.807) is 0 Å². The second kappa shape index (κ2) is 4.11. The van der Waals surface area contributed by atoms with Crippen LogP contribution in [0.1, 0.15) is 33.3 Å². The molecule has 1 aromatic carbocycles. The molecule has 0 saturated heterocycles. The normalized spacial score (nSPS) is 20.3. The highest BCUT2D eigenvalue weighted by molar-refractivity contribution is 7.98. The summed E-state index contributed by atoms with van der Waals surface area (Å²) < 4.78 is 23.4. The predicted octanol–water partition coefficient (Wildman–Crippen LogP) is 2.92. The van der Waals surface area contributed by atoms with E-state index in [0.717, 1.165) is 4.90 Å². The van der Waals surface area contributed by atoms with E-state index in [0.29, 0.717) is 28.6 Å². The first-order chi connectivity index (χ1) is 9.28. The van der Waals surface area contributed by atoms with Gasteiger partial charge in [-0.3, -0.25) is 0 Å². The van der Waals surface area contributed by atoms with Crippen LogP contribution in [0.25, 0.3) is 0 Å². The van der Waals surface area contributed by atoms with Gasteiger partial charge >= 0.3 is 0 Å². The van der Waals surface area contributed by atoms with Gasteiger partial charge < -0.3 is 24.1 Å². The fraction of sp³-hybridized carbons (Fsp3) is 0.571. The van der Waals surface area contributed by atoms with Gasteiger partial charge in [0.1, 0.15) is 0 Å². The van der Waals surface area contributed by atoms with Gasteiger partial charge in [-0.25, -0.2) is 0 Å². The number of hydrogen-bond acceptors (Lipinski definition) is 6. The lowest BCUT2D eigenvalue weighted by atomic mass is 10.1. The maximum absolute atomic E-state index is 9.69. The number of ether oxygens (including phenoxy) is 4. The van der Waals surface area contributed by atoms with E-state index in [-0.39, 0.29) is 6.61 Å². The van der Waals surface area contributed by atoms with Gasteiger partial charge in [0.25, 0.3) is 0 Å². The first kappa shape index (κ1) is 13.7. The van der Waals surface area contributed by atoms with Crippen molar-refractivity contribution in [2.45, 2.75) is 50.8 Å². The number of benzene rings is 1. The van der Waals surface area contributed by atoms with Crippen LogP contribution in [0.2, 0.25) is 0 Å². The number of thioether (sulfide) groups is 1. The zero-order valence-electron chi connectivity index (χ0n) is 12.2. The second-order valence-corrected chi connectivity index (χ2v) is 6.51. The Balaban J connectivity index is 2.25. The summed E-state index contributed by atoms with van der Waals surface area (Å²) in [5, 5.41) is 9.69. The molecule has 6 heteroatoms. The van der Waals surface area contributed by atoms with Crippen molar-refractivity contribution in [2.75, 3.05) is 6.26 Å². The summed E-state index contributed by atoms with van der Waals surface area (Å²) in [4.78, 5) is 0.836. The molecule has 1 N–H and O–H groups in total. The molecule has 0 aliphatic carbocycles. The summed E-state index contributed by atoms with van der Waals surface area (Å²) in [5.74, 6) is 0.796. The molecule has 0 atom stereocenters. The Kier molecular flexibility index (Phi) is 2.82. The van der Waals surface area contributed by atoms with E-state index in [4.69, 9.17) is 18.9 Å². The number of hydrogen-bond donors (Lipinski definition) is 1. The fourth-order valence-corrected chi connectivity index (χ4v) is 3.08. The number of aliphatic hydroxyl groups excluding tert-OH is 1. The Bertz CT molecular complexity index is 487. The SMILES string of the molecule is CSc1c2c(c(CO)c3c1OC(C)(C)O3)OC(C)(C)O2. The molecule has 0 fully saturated rings. The molecule has 2 heterocycles. The van der Waals surface area contributed by atoms with Gasteiger partial charge in [0.15, 0.2) is 23.0 Å². The van der Waals surface area contributed by atoms with Crippen molar-refractivity contribution in [2.24, 2.45) is 0 Å². The van der Waals surface area contributed by atoms with Gasteiger partial charge in [-0.1, -0.05) is 0 Å². The smallest absolute Gasteiger partial charge is 0.246 e. The van der Waals surface area contributed by atoms with Crippen LogP contribution in [-0.4, -0.2) is 22.9 Å². The van der Waals surface area contributed by atoms with Crippen molar-refractivity contribution >= 4 is 11.8 Å². The summed E-state index contributed by atoms with van der Waals surface area (Å²) in [7, 11) is 0. The first-order valence-corrected chi connectivity index (χ1v) is 7.64. The van der Waals surface area contributed by atoms with Crippen molar-refractivity contribution in [3.63, 3.8) is 0 Å². The molecule has 5 nitrogen and oxygen atoms in total. The average Bonchev–Trinajstić information content (AvgIpc) is 2.80. The van der Waals surface area contributed by atoms with E-state index < -0.39 is 11.6 Å². The van der Waals surface area contributed by atoms with Crippen LogP contribution < -0.4 is 18.9 Å². The maximum atomic E-state index is 9.69.